The van der Waals surface area contributed by atoms with Crippen LogP contribution >= 0.6 is 11.6 Å². The normalized spacial score (nSPS) is 10.6. The molecule has 2 rings (SSSR count). The number of nitrogens with zero attached hydrogens (tertiary/aromatic N) is 1. The summed E-state index contributed by atoms with van der Waals surface area (Å²) in [5.74, 6) is -1.57. The second kappa shape index (κ2) is 7.66. The van der Waals surface area contributed by atoms with Crippen molar-refractivity contribution in [3.05, 3.63) is 64.7 Å². The van der Waals surface area contributed by atoms with Crippen LogP contribution in [-0.2, 0) is 4.79 Å². The summed E-state index contributed by atoms with van der Waals surface area (Å²) in [6.07, 6.45) is 3.00. The average molecular weight is 345 g/mol. The van der Waals surface area contributed by atoms with E-state index in [1.807, 2.05) is 43.3 Å². The van der Waals surface area contributed by atoms with Crippen LogP contribution in [0.5, 0.6) is 0 Å². The van der Waals surface area contributed by atoms with Crippen molar-refractivity contribution < 1.29 is 14.7 Å². The Morgan fingerprint density at radius 2 is 1.79 bits per heavy atom. The van der Waals surface area contributed by atoms with Crippen molar-refractivity contribution in [1.82, 2.24) is 0 Å². The lowest BCUT2D eigenvalue weighted by Crippen LogP contribution is -2.12. The van der Waals surface area contributed by atoms with Crippen LogP contribution in [0.2, 0.25) is 5.02 Å². The van der Waals surface area contributed by atoms with E-state index in [0.717, 1.165) is 11.3 Å². The second-order valence-electron chi connectivity index (χ2n) is 5.30. The van der Waals surface area contributed by atoms with Crippen molar-refractivity contribution in [1.29, 1.82) is 0 Å². The highest BCUT2D eigenvalue weighted by Gasteiger charge is 2.11. The molecular weight excluding hydrogens is 328 g/mol. The molecule has 0 radical (unpaired) electrons. The minimum Gasteiger partial charge on any atom is -0.478 e. The van der Waals surface area contributed by atoms with E-state index < -0.39 is 11.9 Å². The van der Waals surface area contributed by atoms with Gasteiger partial charge in [-0.15, -0.1) is 0 Å². The molecule has 6 heteroatoms. The fourth-order valence-corrected chi connectivity index (χ4v) is 2.21. The lowest BCUT2D eigenvalue weighted by molar-refractivity contribution is -0.111. The number of benzene rings is 2. The largest absolute Gasteiger partial charge is 0.478 e. The minimum absolute atomic E-state index is 0.0171. The lowest BCUT2D eigenvalue weighted by Gasteiger charge is -2.11. The van der Waals surface area contributed by atoms with Gasteiger partial charge in [0, 0.05) is 30.9 Å². The van der Waals surface area contributed by atoms with E-state index in [1.165, 1.54) is 24.3 Å². The Labute approximate surface area is 145 Å². The van der Waals surface area contributed by atoms with E-state index >= 15 is 0 Å². The average Bonchev–Trinajstić information content (AvgIpc) is 2.53. The summed E-state index contributed by atoms with van der Waals surface area (Å²) >= 11 is 5.85. The van der Waals surface area contributed by atoms with Crippen molar-refractivity contribution >= 4 is 40.9 Å². The van der Waals surface area contributed by atoms with Gasteiger partial charge in [0.15, 0.2) is 0 Å². The van der Waals surface area contributed by atoms with Gasteiger partial charge >= 0.3 is 5.97 Å². The molecular formula is C18H17ClN2O3. The summed E-state index contributed by atoms with van der Waals surface area (Å²) in [7, 11) is 3.90. The Morgan fingerprint density at radius 1 is 1.12 bits per heavy atom. The van der Waals surface area contributed by atoms with Gasteiger partial charge in [-0.2, -0.15) is 0 Å². The number of amides is 1. The molecule has 0 fully saturated rings. The highest BCUT2D eigenvalue weighted by molar-refractivity contribution is 6.31. The summed E-state index contributed by atoms with van der Waals surface area (Å²) in [6, 6.07) is 11.9. The zero-order valence-electron chi connectivity index (χ0n) is 13.3. The predicted molar refractivity (Wildman–Crippen MR) is 96.8 cm³/mol. The van der Waals surface area contributed by atoms with Crippen molar-refractivity contribution in [2.45, 2.75) is 0 Å². The van der Waals surface area contributed by atoms with E-state index in [-0.39, 0.29) is 11.3 Å². The first-order chi connectivity index (χ1) is 11.4. The quantitative estimate of drug-likeness (QED) is 0.810. The molecule has 0 aliphatic rings. The Hall–Kier alpha value is -2.79. The lowest BCUT2D eigenvalue weighted by atomic mass is 10.1. The number of hydrogen-bond donors (Lipinski definition) is 2. The number of hydrogen-bond acceptors (Lipinski definition) is 3. The van der Waals surface area contributed by atoms with Crippen LogP contribution in [0.3, 0.4) is 0 Å². The SMILES string of the molecule is CN(C)c1ccc(/C=C/C(=O)Nc2cc(Cl)ccc2C(=O)O)cc1. The minimum atomic E-state index is -1.13. The third-order valence-electron chi connectivity index (χ3n) is 3.31. The molecule has 0 unspecified atom stereocenters. The maximum Gasteiger partial charge on any atom is 0.337 e. The molecule has 0 saturated heterocycles. The predicted octanol–water partition coefficient (Wildman–Crippen LogP) is 3.76. The first-order valence-corrected chi connectivity index (χ1v) is 7.54. The molecule has 2 N–H and O–H groups in total. The van der Waals surface area contributed by atoms with Crippen LogP contribution in [0.1, 0.15) is 15.9 Å². The van der Waals surface area contributed by atoms with Gasteiger partial charge in [-0.3, -0.25) is 4.79 Å². The number of carbonyl (C=O) groups is 2. The Balaban J connectivity index is 2.10. The van der Waals surface area contributed by atoms with Gasteiger partial charge in [0.2, 0.25) is 5.91 Å². The van der Waals surface area contributed by atoms with Gasteiger partial charge in [0.1, 0.15) is 0 Å². The van der Waals surface area contributed by atoms with E-state index in [0.29, 0.717) is 5.02 Å². The maximum atomic E-state index is 12.0. The van der Waals surface area contributed by atoms with E-state index in [9.17, 15) is 9.59 Å². The summed E-state index contributed by atoms with van der Waals surface area (Å²) in [4.78, 5) is 25.1. The van der Waals surface area contributed by atoms with Gasteiger partial charge in [-0.25, -0.2) is 4.79 Å². The number of aromatic carboxylic acids is 1. The second-order valence-corrected chi connectivity index (χ2v) is 5.74. The van der Waals surface area contributed by atoms with E-state index in [2.05, 4.69) is 5.32 Å². The molecule has 2 aromatic carbocycles. The maximum absolute atomic E-state index is 12.0. The van der Waals surface area contributed by atoms with Crippen molar-refractivity contribution in [3.63, 3.8) is 0 Å². The standard InChI is InChI=1S/C18H17ClN2O3/c1-21(2)14-7-3-12(4-8-14)5-10-17(22)20-16-11-13(19)6-9-15(16)18(23)24/h3-11H,1-2H3,(H,20,22)(H,23,24)/b10-5+. The summed E-state index contributed by atoms with van der Waals surface area (Å²) in [5.41, 5.74) is 2.06. The third-order valence-corrected chi connectivity index (χ3v) is 3.54. The van der Waals surface area contributed by atoms with Gasteiger partial charge in [0.05, 0.1) is 11.3 Å². The van der Waals surface area contributed by atoms with Crippen molar-refractivity contribution in [3.8, 4) is 0 Å². The third kappa shape index (κ3) is 4.60. The van der Waals surface area contributed by atoms with Gasteiger partial charge in [-0.05, 0) is 42.0 Å². The fourth-order valence-electron chi connectivity index (χ4n) is 2.04. The number of anilines is 2. The van der Waals surface area contributed by atoms with Crippen molar-refractivity contribution in [2.24, 2.45) is 0 Å². The zero-order valence-corrected chi connectivity index (χ0v) is 14.0. The number of carboxylic acids is 1. The van der Waals surface area contributed by atoms with Crippen LogP contribution in [0, 0.1) is 0 Å². The summed E-state index contributed by atoms with van der Waals surface area (Å²) in [5, 5.41) is 12.0. The summed E-state index contributed by atoms with van der Waals surface area (Å²) in [6.45, 7) is 0. The monoisotopic (exact) mass is 344 g/mol. The first kappa shape index (κ1) is 17.6. The number of carbonyl (C=O) groups excluding carboxylic acids is 1. The van der Waals surface area contributed by atoms with Gasteiger partial charge < -0.3 is 15.3 Å². The molecule has 5 nitrogen and oxygen atoms in total. The van der Waals surface area contributed by atoms with Crippen LogP contribution in [0.25, 0.3) is 6.08 Å². The molecule has 0 saturated carbocycles. The van der Waals surface area contributed by atoms with Crippen LogP contribution in [0.15, 0.2) is 48.5 Å². The highest BCUT2D eigenvalue weighted by Crippen LogP contribution is 2.21. The fraction of sp³-hybridized carbons (Fsp3) is 0.111. The van der Waals surface area contributed by atoms with Crippen molar-refractivity contribution in [2.75, 3.05) is 24.3 Å². The molecule has 124 valence electrons. The Bertz CT molecular complexity index is 783. The molecule has 2 aromatic rings. The van der Waals surface area contributed by atoms with E-state index in [1.54, 1.807) is 6.08 Å². The zero-order chi connectivity index (χ0) is 17.7. The number of halogens is 1. The smallest absolute Gasteiger partial charge is 0.337 e. The molecule has 0 aliphatic heterocycles. The number of carboxylic acid groups (broad SMARTS) is 1. The molecule has 0 bridgehead atoms. The summed E-state index contributed by atoms with van der Waals surface area (Å²) < 4.78 is 0. The first-order valence-electron chi connectivity index (χ1n) is 7.16. The van der Waals surface area contributed by atoms with Gasteiger partial charge in [0.25, 0.3) is 0 Å². The molecule has 0 aromatic heterocycles. The van der Waals surface area contributed by atoms with Gasteiger partial charge in [-0.1, -0.05) is 23.7 Å². The van der Waals surface area contributed by atoms with E-state index in [4.69, 9.17) is 16.7 Å². The topological polar surface area (TPSA) is 69.6 Å². The number of rotatable bonds is 5. The molecule has 0 heterocycles. The van der Waals surface area contributed by atoms with Crippen LogP contribution in [-0.4, -0.2) is 31.1 Å². The van der Waals surface area contributed by atoms with Crippen LogP contribution < -0.4 is 10.2 Å². The molecule has 24 heavy (non-hydrogen) atoms. The molecule has 1 amide bonds. The van der Waals surface area contributed by atoms with Crippen LogP contribution in [0.4, 0.5) is 11.4 Å². The molecule has 0 atom stereocenters. The molecule has 0 spiro atoms. The Kier molecular flexibility index (Phi) is 5.60. The Morgan fingerprint density at radius 3 is 2.38 bits per heavy atom. The number of nitrogens with one attached hydrogen (secondary N) is 1. The molecule has 0 aliphatic carbocycles. The highest BCUT2D eigenvalue weighted by atomic mass is 35.5.